The first-order chi connectivity index (χ1) is 15.2. The molecule has 2 saturated heterocycles. The summed E-state index contributed by atoms with van der Waals surface area (Å²) < 4.78 is 12.0. The molecule has 0 aromatic rings. The van der Waals surface area contributed by atoms with Crippen molar-refractivity contribution in [3.63, 3.8) is 0 Å². The van der Waals surface area contributed by atoms with E-state index in [1.165, 1.54) is 6.42 Å². The molecule has 4 saturated carbocycles. The highest BCUT2D eigenvalue weighted by Crippen LogP contribution is 2.84. The summed E-state index contributed by atoms with van der Waals surface area (Å²) in [6.07, 6.45) is 1.31. The van der Waals surface area contributed by atoms with Crippen LogP contribution in [0.1, 0.15) is 51.4 Å². The highest BCUT2D eigenvalue weighted by atomic mass is 16.7. The zero-order valence-electron chi connectivity index (χ0n) is 18.1. The molecule has 1 amide bonds. The number of rotatable bonds is 6. The van der Waals surface area contributed by atoms with Crippen molar-refractivity contribution in [2.45, 2.75) is 93.3 Å². The van der Waals surface area contributed by atoms with Gasteiger partial charge in [-0.2, -0.15) is 0 Å². The van der Waals surface area contributed by atoms with Crippen LogP contribution < -0.4 is 11.1 Å². The zero-order chi connectivity index (χ0) is 22.5. The van der Waals surface area contributed by atoms with Gasteiger partial charge in [0.15, 0.2) is 12.4 Å². The molecular formula is C22H33N3O7. The van der Waals surface area contributed by atoms with Gasteiger partial charge in [0.25, 0.3) is 0 Å². The maximum absolute atomic E-state index is 12.8. The first-order valence-electron chi connectivity index (χ1n) is 11.9. The largest absolute Gasteiger partial charge is 0.479 e. The summed E-state index contributed by atoms with van der Waals surface area (Å²) >= 11 is 0. The Kier molecular flexibility index (Phi) is 4.56. The molecule has 0 aromatic carbocycles. The van der Waals surface area contributed by atoms with Crippen LogP contribution in [-0.2, 0) is 19.1 Å². The Bertz CT molecular complexity index is 842. The molecule has 32 heavy (non-hydrogen) atoms. The van der Waals surface area contributed by atoms with Crippen LogP contribution in [0, 0.1) is 17.3 Å². The second-order valence-electron chi connectivity index (χ2n) is 11.1. The van der Waals surface area contributed by atoms with E-state index < -0.39 is 36.2 Å². The number of aliphatic hydroxyl groups is 2. The molecule has 10 nitrogen and oxygen atoms in total. The van der Waals surface area contributed by atoms with E-state index in [-0.39, 0.29) is 36.0 Å². The Morgan fingerprint density at radius 2 is 1.97 bits per heavy atom. The van der Waals surface area contributed by atoms with Crippen molar-refractivity contribution in [3.8, 4) is 0 Å². The first kappa shape index (κ1) is 21.2. The standard InChI is InChI=1S/C22H33N3O7/c23-14-2-1-3-25(14)15(27)8-24-21-7-12-4-11-6-20(9-21,10-22(11,12)21)32-16-5-13(26)17(28)18(31-16)19(29)30/h11-14,16-18,24,26,28H,1-10,23H2,(H,29,30)/t11?,12?,13-,14+,16?,17+,18+,20?,21?,22?/m1/s1. The highest BCUT2D eigenvalue weighted by Gasteiger charge is 2.84. The molecular weight excluding hydrogens is 418 g/mol. The monoisotopic (exact) mass is 451 g/mol. The van der Waals surface area contributed by atoms with Crippen LogP contribution in [0.2, 0.25) is 0 Å². The zero-order valence-corrected chi connectivity index (χ0v) is 18.1. The van der Waals surface area contributed by atoms with Gasteiger partial charge in [0.2, 0.25) is 5.91 Å². The van der Waals surface area contributed by atoms with Gasteiger partial charge in [0.05, 0.1) is 24.4 Å². The third kappa shape index (κ3) is 2.68. The lowest BCUT2D eigenvalue weighted by atomic mass is 9.35. The van der Waals surface area contributed by atoms with E-state index in [2.05, 4.69) is 5.32 Å². The molecule has 6 unspecified atom stereocenters. The molecule has 10 heteroatoms. The summed E-state index contributed by atoms with van der Waals surface area (Å²) in [6.45, 7) is 0.993. The van der Waals surface area contributed by atoms with Crippen LogP contribution in [0.5, 0.6) is 0 Å². The Balaban J connectivity index is 1.16. The predicted molar refractivity (Wildman–Crippen MR) is 109 cm³/mol. The number of fused-ring (bicyclic) bond motifs is 1. The third-order valence-corrected chi connectivity index (χ3v) is 9.63. The Morgan fingerprint density at radius 1 is 1.19 bits per heavy atom. The van der Waals surface area contributed by atoms with Gasteiger partial charge in [-0.1, -0.05) is 0 Å². The van der Waals surface area contributed by atoms with Crippen molar-refractivity contribution >= 4 is 11.9 Å². The lowest BCUT2D eigenvalue weighted by molar-refractivity contribution is -0.286. The second kappa shape index (κ2) is 6.86. The molecule has 2 bridgehead atoms. The van der Waals surface area contributed by atoms with E-state index in [1.54, 1.807) is 4.90 Å². The molecule has 4 aliphatic carbocycles. The van der Waals surface area contributed by atoms with Crippen LogP contribution >= 0.6 is 0 Å². The maximum atomic E-state index is 12.8. The molecule has 1 spiro atoms. The summed E-state index contributed by atoms with van der Waals surface area (Å²) in [5.41, 5.74) is 5.61. The molecule has 6 aliphatic rings. The number of nitrogens with one attached hydrogen (secondary N) is 1. The molecule has 10 atom stereocenters. The van der Waals surface area contributed by atoms with E-state index in [1.807, 2.05) is 0 Å². The Labute approximate surface area is 186 Å². The van der Waals surface area contributed by atoms with Crippen LogP contribution in [0.25, 0.3) is 0 Å². The summed E-state index contributed by atoms with van der Waals surface area (Å²) in [4.78, 5) is 26.0. The number of carbonyl (C=O) groups excluding carboxylic acids is 1. The first-order valence-corrected chi connectivity index (χ1v) is 11.9. The van der Waals surface area contributed by atoms with E-state index in [4.69, 9.17) is 15.2 Å². The molecule has 0 aromatic heterocycles. The number of aliphatic carboxylic acids is 1. The number of carboxylic acids is 1. The normalized spacial score (nSPS) is 53.0. The van der Waals surface area contributed by atoms with Crippen LogP contribution in [-0.4, -0.2) is 87.1 Å². The highest BCUT2D eigenvalue weighted by molar-refractivity contribution is 5.79. The summed E-state index contributed by atoms with van der Waals surface area (Å²) in [5.74, 6) is -0.0878. The predicted octanol–water partition coefficient (Wildman–Crippen LogP) is -0.877. The van der Waals surface area contributed by atoms with Gasteiger partial charge in [-0.25, -0.2) is 4.79 Å². The fourth-order valence-corrected chi connectivity index (χ4v) is 8.44. The quantitative estimate of drug-likeness (QED) is 0.346. The summed E-state index contributed by atoms with van der Waals surface area (Å²) in [7, 11) is 0. The molecule has 6 N–H and O–H groups in total. The van der Waals surface area contributed by atoms with Crippen LogP contribution in [0.4, 0.5) is 0 Å². The minimum absolute atomic E-state index is 0.0412. The van der Waals surface area contributed by atoms with Crippen molar-refractivity contribution < 1.29 is 34.4 Å². The average Bonchev–Trinajstić information content (AvgIpc) is 3.35. The minimum Gasteiger partial charge on any atom is -0.479 e. The van der Waals surface area contributed by atoms with E-state index in [0.717, 1.165) is 45.1 Å². The topological polar surface area (TPSA) is 155 Å². The fourth-order valence-electron chi connectivity index (χ4n) is 8.44. The smallest absolute Gasteiger partial charge is 0.335 e. The molecule has 178 valence electrons. The van der Waals surface area contributed by atoms with E-state index in [0.29, 0.717) is 11.8 Å². The minimum atomic E-state index is -1.50. The maximum Gasteiger partial charge on any atom is 0.335 e. The Hall–Kier alpha value is -1.30. The number of likely N-dealkylation sites (tertiary alicyclic amines) is 1. The van der Waals surface area contributed by atoms with Gasteiger partial charge in [0.1, 0.15) is 6.10 Å². The number of ether oxygens (including phenoxy) is 2. The van der Waals surface area contributed by atoms with Crippen molar-refractivity contribution in [3.05, 3.63) is 0 Å². The van der Waals surface area contributed by atoms with Crippen molar-refractivity contribution in [2.75, 3.05) is 13.1 Å². The van der Waals surface area contributed by atoms with Crippen molar-refractivity contribution in [1.29, 1.82) is 0 Å². The molecule has 6 rings (SSSR count). The fraction of sp³-hybridized carbons (Fsp3) is 0.909. The van der Waals surface area contributed by atoms with Gasteiger partial charge in [-0.05, 0) is 62.2 Å². The molecule has 2 aliphatic heterocycles. The van der Waals surface area contributed by atoms with Gasteiger partial charge in [-0.15, -0.1) is 0 Å². The summed E-state index contributed by atoms with van der Waals surface area (Å²) in [6, 6.07) is 0. The van der Waals surface area contributed by atoms with Gasteiger partial charge in [-0.3, -0.25) is 4.79 Å². The number of nitrogens with zero attached hydrogens (tertiary/aromatic N) is 1. The number of aliphatic hydroxyl groups excluding tert-OH is 2. The molecule has 0 radical (unpaired) electrons. The number of amides is 1. The number of nitrogens with two attached hydrogens (primary N) is 1. The number of carbonyl (C=O) groups is 2. The van der Waals surface area contributed by atoms with Gasteiger partial charge >= 0.3 is 5.97 Å². The number of hydrogen-bond donors (Lipinski definition) is 5. The third-order valence-electron chi connectivity index (χ3n) is 9.63. The summed E-state index contributed by atoms with van der Waals surface area (Å²) in [5, 5.41) is 33.1. The van der Waals surface area contributed by atoms with Gasteiger partial charge in [0, 0.05) is 18.5 Å². The van der Waals surface area contributed by atoms with Crippen LogP contribution in [0.15, 0.2) is 0 Å². The Morgan fingerprint density at radius 3 is 2.66 bits per heavy atom. The SMILES string of the molecule is N[C@@H]1CCCN1C(=O)CNC12CC3CC4CC(OC5C[C@@H](O)[C@H](O)[C@@H](C(=O)O)O5)(C1)CC432. The van der Waals surface area contributed by atoms with Crippen molar-refractivity contribution in [1.82, 2.24) is 10.2 Å². The number of hydrogen-bond acceptors (Lipinski definition) is 8. The molecule has 2 heterocycles. The average molecular weight is 452 g/mol. The van der Waals surface area contributed by atoms with E-state index >= 15 is 0 Å². The second-order valence-corrected chi connectivity index (χ2v) is 11.1. The van der Waals surface area contributed by atoms with E-state index in [9.17, 15) is 24.9 Å². The van der Waals surface area contributed by atoms with Crippen LogP contribution in [0.3, 0.4) is 0 Å². The van der Waals surface area contributed by atoms with Crippen molar-refractivity contribution in [2.24, 2.45) is 23.0 Å². The number of carboxylic acid groups (broad SMARTS) is 1. The lowest BCUT2D eigenvalue weighted by Gasteiger charge is -2.73. The lowest BCUT2D eigenvalue weighted by Crippen LogP contribution is -2.77. The van der Waals surface area contributed by atoms with Gasteiger partial charge < -0.3 is 40.7 Å². The molecule has 6 fully saturated rings.